The molecule has 0 saturated carbocycles. The van der Waals surface area contributed by atoms with E-state index in [0.29, 0.717) is 12.1 Å². The molecule has 0 aliphatic rings. The number of amides is 1. The maximum Gasteiger partial charge on any atom is 0.251 e. The van der Waals surface area contributed by atoms with Gasteiger partial charge >= 0.3 is 0 Å². The Kier molecular flexibility index (Phi) is 4.48. The van der Waals surface area contributed by atoms with Gasteiger partial charge in [-0.1, -0.05) is 42.5 Å². The Morgan fingerprint density at radius 1 is 1.04 bits per heavy atom. The van der Waals surface area contributed by atoms with E-state index in [0.717, 1.165) is 16.7 Å². The average molecular weight is 302 g/mol. The zero-order valence-corrected chi connectivity index (χ0v) is 13.0. The molecule has 2 aromatic carbocycles. The van der Waals surface area contributed by atoms with E-state index in [2.05, 4.69) is 29.4 Å². The third kappa shape index (κ3) is 3.64. The van der Waals surface area contributed by atoms with Gasteiger partial charge in [-0.15, -0.1) is 0 Å². The van der Waals surface area contributed by atoms with E-state index in [1.807, 2.05) is 48.5 Å². The molecule has 0 saturated heterocycles. The SMILES string of the molecule is Cc1ccccc1-c1cccc(C(=O)NCc2cccnc2)c1. The van der Waals surface area contributed by atoms with Crippen molar-refractivity contribution in [1.82, 2.24) is 10.3 Å². The van der Waals surface area contributed by atoms with Crippen LogP contribution in [0.4, 0.5) is 0 Å². The lowest BCUT2D eigenvalue weighted by molar-refractivity contribution is 0.0951. The van der Waals surface area contributed by atoms with E-state index in [9.17, 15) is 4.79 Å². The maximum atomic E-state index is 12.4. The van der Waals surface area contributed by atoms with Crippen molar-refractivity contribution >= 4 is 5.91 Å². The first-order chi connectivity index (χ1) is 11.2. The lowest BCUT2D eigenvalue weighted by atomic mass is 9.99. The molecule has 0 aliphatic carbocycles. The quantitative estimate of drug-likeness (QED) is 0.792. The fourth-order valence-corrected chi connectivity index (χ4v) is 2.51. The second kappa shape index (κ2) is 6.88. The van der Waals surface area contributed by atoms with Crippen LogP contribution >= 0.6 is 0 Å². The van der Waals surface area contributed by atoms with Crippen LogP contribution in [0.5, 0.6) is 0 Å². The summed E-state index contributed by atoms with van der Waals surface area (Å²) in [6, 6.07) is 19.7. The van der Waals surface area contributed by atoms with Crippen molar-refractivity contribution in [3.05, 3.63) is 89.7 Å². The van der Waals surface area contributed by atoms with Crippen molar-refractivity contribution in [2.24, 2.45) is 0 Å². The topological polar surface area (TPSA) is 42.0 Å². The molecule has 114 valence electrons. The van der Waals surface area contributed by atoms with Crippen molar-refractivity contribution < 1.29 is 4.79 Å². The molecule has 0 aliphatic heterocycles. The summed E-state index contributed by atoms with van der Waals surface area (Å²) < 4.78 is 0. The zero-order valence-electron chi connectivity index (χ0n) is 13.0. The summed E-state index contributed by atoms with van der Waals surface area (Å²) in [5.74, 6) is -0.0794. The van der Waals surface area contributed by atoms with Gasteiger partial charge in [-0.3, -0.25) is 9.78 Å². The third-order valence-corrected chi connectivity index (χ3v) is 3.76. The first-order valence-corrected chi connectivity index (χ1v) is 7.57. The van der Waals surface area contributed by atoms with E-state index in [1.165, 1.54) is 5.56 Å². The normalized spacial score (nSPS) is 10.3. The Bertz CT molecular complexity index is 813. The van der Waals surface area contributed by atoms with Crippen molar-refractivity contribution in [1.29, 1.82) is 0 Å². The minimum absolute atomic E-state index is 0.0794. The Balaban J connectivity index is 1.77. The van der Waals surface area contributed by atoms with Gasteiger partial charge in [0.25, 0.3) is 5.91 Å². The summed E-state index contributed by atoms with van der Waals surface area (Å²) >= 11 is 0. The Morgan fingerprint density at radius 3 is 2.70 bits per heavy atom. The van der Waals surface area contributed by atoms with Gasteiger partial charge in [-0.05, 0) is 47.4 Å². The molecule has 3 rings (SSSR count). The van der Waals surface area contributed by atoms with Gasteiger partial charge in [0, 0.05) is 24.5 Å². The predicted molar refractivity (Wildman–Crippen MR) is 92.0 cm³/mol. The summed E-state index contributed by atoms with van der Waals surface area (Å²) in [5.41, 5.74) is 5.04. The summed E-state index contributed by atoms with van der Waals surface area (Å²) in [6.07, 6.45) is 3.47. The van der Waals surface area contributed by atoms with Crippen molar-refractivity contribution in [3.8, 4) is 11.1 Å². The first kappa shape index (κ1) is 15.0. The zero-order chi connectivity index (χ0) is 16.1. The summed E-state index contributed by atoms with van der Waals surface area (Å²) in [7, 11) is 0. The van der Waals surface area contributed by atoms with Crippen molar-refractivity contribution in [2.75, 3.05) is 0 Å². The lowest BCUT2D eigenvalue weighted by Crippen LogP contribution is -2.22. The van der Waals surface area contributed by atoms with Gasteiger partial charge in [0.15, 0.2) is 0 Å². The predicted octanol–water partition coefficient (Wildman–Crippen LogP) is 3.99. The molecule has 3 nitrogen and oxygen atoms in total. The van der Waals surface area contributed by atoms with Crippen LogP contribution in [-0.4, -0.2) is 10.9 Å². The van der Waals surface area contributed by atoms with Gasteiger partial charge < -0.3 is 5.32 Å². The van der Waals surface area contributed by atoms with Crippen LogP contribution in [0.15, 0.2) is 73.1 Å². The van der Waals surface area contributed by atoms with E-state index in [-0.39, 0.29) is 5.91 Å². The number of carbonyl (C=O) groups excluding carboxylic acids is 1. The van der Waals surface area contributed by atoms with Crippen LogP contribution in [0.1, 0.15) is 21.5 Å². The van der Waals surface area contributed by atoms with Gasteiger partial charge in [0.05, 0.1) is 0 Å². The van der Waals surface area contributed by atoms with Gasteiger partial charge in [0.2, 0.25) is 0 Å². The first-order valence-electron chi connectivity index (χ1n) is 7.57. The molecule has 0 fully saturated rings. The van der Waals surface area contributed by atoms with Crippen LogP contribution in [0.2, 0.25) is 0 Å². The fraction of sp³-hybridized carbons (Fsp3) is 0.100. The van der Waals surface area contributed by atoms with Crippen molar-refractivity contribution in [2.45, 2.75) is 13.5 Å². The highest BCUT2D eigenvalue weighted by molar-refractivity contribution is 5.95. The third-order valence-electron chi connectivity index (χ3n) is 3.76. The fourth-order valence-electron chi connectivity index (χ4n) is 2.51. The summed E-state index contributed by atoms with van der Waals surface area (Å²) in [6.45, 7) is 2.55. The molecule has 1 amide bonds. The molecular formula is C20H18N2O. The molecule has 0 atom stereocenters. The highest BCUT2D eigenvalue weighted by Crippen LogP contribution is 2.23. The molecule has 23 heavy (non-hydrogen) atoms. The summed E-state index contributed by atoms with van der Waals surface area (Å²) in [4.78, 5) is 16.4. The molecule has 0 unspecified atom stereocenters. The standard InChI is InChI=1S/C20H18N2O/c1-15-6-2-3-10-19(15)17-8-4-9-18(12-17)20(23)22-14-16-7-5-11-21-13-16/h2-13H,14H2,1H3,(H,22,23). The molecule has 0 radical (unpaired) electrons. The minimum atomic E-state index is -0.0794. The number of pyridine rings is 1. The minimum Gasteiger partial charge on any atom is -0.348 e. The second-order valence-electron chi connectivity index (χ2n) is 5.44. The number of nitrogens with zero attached hydrogens (tertiary/aromatic N) is 1. The van der Waals surface area contributed by atoms with Crippen molar-refractivity contribution in [3.63, 3.8) is 0 Å². The molecule has 3 heteroatoms. The Hall–Kier alpha value is -2.94. The molecule has 1 heterocycles. The number of rotatable bonds is 4. The highest BCUT2D eigenvalue weighted by Gasteiger charge is 2.08. The Labute approximate surface area is 136 Å². The molecule has 1 N–H and O–H groups in total. The highest BCUT2D eigenvalue weighted by atomic mass is 16.1. The lowest BCUT2D eigenvalue weighted by Gasteiger charge is -2.09. The van der Waals surface area contributed by atoms with Crippen LogP contribution in [0.3, 0.4) is 0 Å². The number of aromatic nitrogens is 1. The van der Waals surface area contributed by atoms with E-state index in [4.69, 9.17) is 0 Å². The van der Waals surface area contributed by atoms with Gasteiger partial charge in [-0.2, -0.15) is 0 Å². The number of benzene rings is 2. The van der Waals surface area contributed by atoms with Crippen LogP contribution < -0.4 is 5.32 Å². The Morgan fingerprint density at radius 2 is 1.91 bits per heavy atom. The monoisotopic (exact) mass is 302 g/mol. The second-order valence-corrected chi connectivity index (χ2v) is 5.44. The smallest absolute Gasteiger partial charge is 0.251 e. The number of hydrogen-bond donors (Lipinski definition) is 1. The van der Waals surface area contributed by atoms with Gasteiger partial charge in [-0.25, -0.2) is 0 Å². The molecule has 0 spiro atoms. The summed E-state index contributed by atoms with van der Waals surface area (Å²) in [5, 5.41) is 2.93. The van der Waals surface area contributed by atoms with E-state index >= 15 is 0 Å². The molecule has 0 bridgehead atoms. The van der Waals surface area contributed by atoms with E-state index < -0.39 is 0 Å². The number of hydrogen-bond acceptors (Lipinski definition) is 2. The maximum absolute atomic E-state index is 12.4. The largest absolute Gasteiger partial charge is 0.348 e. The van der Waals surface area contributed by atoms with Gasteiger partial charge in [0.1, 0.15) is 0 Å². The van der Waals surface area contributed by atoms with E-state index in [1.54, 1.807) is 12.4 Å². The number of aryl methyl sites for hydroxylation is 1. The average Bonchev–Trinajstić information content (AvgIpc) is 2.61. The molecule has 3 aromatic rings. The number of carbonyl (C=O) groups is 1. The van der Waals surface area contributed by atoms with Crippen LogP contribution in [0, 0.1) is 6.92 Å². The molecular weight excluding hydrogens is 284 g/mol. The molecule has 1 aromatic heterocycles. The van der Waals surface area contributed by atoms with Crippen LogP contribution in [0.25, 0.3) is 11.1 Å². The number of nitrogens with one attached hydrogen (secondary N) is 1. The van der Waals surface area contributed by atoms with Crippen LogP contribution in [-0.2, 0) is 6.54 Å².